The third kappa shape index (κ3) is 7.54. The van der Waals surface area contributed by atoms with Crippen LogP contribution in [0, 0.1) is 0 Å². The van der Waals surface area contributed by atoms with Crippen molar-refractivity contribution in [2.24, 2.45) is 0 Å². The minimum atomic E-state index is -4.00. The summed E-state index contributed by atoms with van der Waals surface area (Å²) in [6, 6.07) is 18.1. The Morgan fingerprint density at radius 1 is 1.03 bits per heavy atom. The molecule has 0 bridgehead atoms. The molecule has 0 aromatic heterocycles. The Labute approximate surface area is 223 Å². The molecule has 0 amide bonds. The zero-order valence-electron chi connectivity index (χ0n) is 20.1. The van der Waals surface area contributed by atoms with Crippen LogP contribution in [0.25, 0.3) is 0 Å². The van der Waals surface area contributed by atoms with Gasteiger partial charge in [0.15, 0.2) is 0 Å². The molecule has 36 heavy (non-hydrogen) atoms. The highest BCUT2D eigenvalue weighted by Gasteiger charge is 2.25. The summed E-state index contributed by atoms with van der Waals surface area (Å²) in [5, 5.41) is 23.7. The smallest absolute Gasteiger partial charge is 0.337 e. The molecule has 0 aliphatic rings. The highest BCUT2D eigenvalue weighted by molar-refractivity contribution is 7.91. The summed E-state index contributed by atoms with van der Waals surface area (Å²) >= 11 is 5.99. The number of aliphatic hydroxyl groups is 1. The van der Waals surface area contributed by atoms with E-state index in [1.54, 1.807) is 36.4 Å². The molecule has 0 saturated carbocycles. The number of carboxylic acids is 1. The second-order valence-corrected chi connectivity index (χ2v) is 11.0. The number of hydrogen-bond acceptors (Lipinski definition) is 5. The van der Waals surface area contributed by atoms with Gasteiger partial charge in [-0.3, -0.25) is 0 Å². The standard InChI is InChI=1S/C27H30ClNO5S.ClH/c1-3-5-19-10-13-24(27(31)32)26(15-19)35(33,34)23-11-8-20(9-12-23)14-18(2)29-17-25(30)21-6-4-7-22(28)16-21;/h4,6-13,15-16,18,25,29-30H,3,5,14,17H2,1-2H3,(H,31,32);1H/t18-,25-;/m1./s1. The van der Waals surface area contributed by atoms with Crippen molar-refractivity contribution in [3.8, 4) is 0 Å². The molecule has 3 aromatic carbocycles. The Morgan fingerprint density at radius 3 is 2.31 bits per heavy atom. The van der Waals surface area contributed by atoms with Crippen LogP contribution in [-0.2, 0) is 22.7 Å². The summed E-state index contributed by atoms with van der Waals surface area (Å²) in [5.74, 6) is -1.27. The van der Waals surface area contributed by atoms with Crippen LogP contribution in [-0.4, -0.2) is 37.2 Å². The normalized spacial score (nSPS) is 13.0. The van der Waals surface area contributed by atoms with E-state index in [9.17, 15) is 23.4 Å². The van der Waals surface area contributed by atoms with Crippen LogP contribution >= 0.6 is 24.0 Å². The van der Waals surface area contributed by atoms with E-state index >= 15 is 0 Å². The lowest BCUT2D eigenvalue weighted by atomic mass is 10.1. The van der Waals surface area contributed by atoms with Gasteiger partial charge in [-0.1, -0.05) is 55.3 Å². The van der Waals surface area contributed by atoms with E-state index in [2.05, 4.69) is 5.32 Å². The highest BCUT2D eigenvalue weighted by atomic mass is 35.5. The lowest BCUT2D eigenvalue weighted by Crippen LogP contribution is -2.32. The summed E-state index contributed by atoms with van der Waals surface area (Å²) < 4.78 is 26.5. The van der Waals surface area contributed by atoms with Crippen molar-refractivity contribution < 1.29 is 23.4 Å². The molecule has 0 aliphatic carbocycles. The van der Waals surface area contributed by atoms with E-state index < -0.39 is 21.9 Å². The topological polar surface area (TPSA) is 104 Å². The first-order chi connectivity index (χ1) is 16.6. The number of carbonyl (C=O) groups is 1. The second kappa shape index (κ2) is 13.2. The van der Waals surface area contributed by atoms with E-state index in [-0.39, 0.29) is 33.8 Å². The number of carboxylic acid groups (broad SMARTS) is 1. The number of rotatable bonds is 11. The van der Waals surface area contributed by atoms with Crippen molar-refractivity contribution >= 4 is 39.8 Å². The lowest BCUT2D eigenvalue weighted by Gasteiger charge is -2.18. The van der Waals surface area contributed by atoms with E-state index in [1.807, 2.05) is 19.9 Å². The molecular weight excluding hydrogens is 521 g/mol. The minimum absolute atomic E-state index is 0. The maximum Gasteiger partial charge on any atom is 0.337 e. The first-order valence-electron chi connectivity index (χ1n) is 11.5. The zero-order chi connectivity index (χ0) is 25.6. The van der Waals surface area contributed by atoms with Crippen molar-refractivity contribution in [3.05, 3.63) is 94.0 Å². The Bertz CT molecular complexity index is 1280. The lowest BCUT2D eigenvalue weighted by molar-refractivity contribution is 0.0692. The molecule has 3 rings (SSSR count). The number of aryl methyl sites for hydroxylation is 1. The molecule has 0 unspecified atom stereocenters. The molecule has 2 atom stereocenters. The third-order valence-electron chi connectivity index (χ3n) is 5.77. The number of benzene rings is 3. The molecular formula is C27H31Cl2NO5S. The number of halogens is 2. The van der Waals surface area contributed by atoms with Gasteiger partial charge in [-0.05, 0) is 72.9 Å². The molecule has 0 radical (unpaired) electrons. The number of aromatic carboxylic acids is 1. The Morgan fingerprint density at radius 2 is 1.69 bits per heavy atom. The number of sulfone groups is 1. The van der Waals surface area contributed by atoms with Gasteiger partial charge in [-0.2, -0.15) is 0 Å². The largest absolute Gasteiger partial charge is 0.478 e. The predicted molar refractivity (Wildman–Crippen MR) is 144 cm³/mol. The molecule has 194 valence electrons. The van der Waals surface area contributed by atoms with Gasteiger partial charge in [0, 0.05) is 17.6 Å². The fourth-order valence-corrected chi connectivity index (χ4v) is 5.61. The summed E-state index contributed by atoms with van der Waals surface area (Å²) in [6.45, 7) is 4.31. The van der Waals surface area contributed by atoms with Gasteiger partial charge in [0.1, 0.15) is 0 Å². The summed E-state index contributed by atoms with van der Waals surface area (Å²) in [5.41, 5.74) is 2.20. The summed E-state index contributed by atoms with van der Waals surface area (Å²) in [4.78, 5) is 11.5. The van der Waals surface area contributed by atoms with Crippen LogP contribution in [0.5, 0.6) is 0 Å². The van der Waals surface area contributed by atoms with Gasteiger partial charge in [0.2, 0.25) is 9.84 Å². The van der Waals surface area contributed by atoms with Gasteiger partial charge in [0.05, 0.1) is 21.5 Å². The molecule has 9 heteroatoms. The number of hydrogen-bond donors (Lipinski definition) is 3. The van der Waals surface area contributed by atoms with Crippen molar-refractivity contribution in [3.63, 3.8) is 0 Å². The average molecular weight is 553 g/mol. The maximum atomic E-state index is 13.3. The van der Waals surface area contributed by atoms with Gasteiger partial charge in [0.25, 0.3) is 0 Å². The Hall–Kier alpha value is -2.42. The van der Waals surface area contributed by atoms with E-state index in [4.69, 9.17) is 11.6 Å². The van der Waals surface area contributed by atoms with Crippen LogP contribution in [0.1, 0.15) is 53.4 Å². The predicted octanol–water partition coefficient (Wildman–Crippen LogP) is 5.50. The van der Waals surface area contributed by atoms with Crippen molar-refractivity contribution in [1.82, 2.24) is 5.32 Å². The maximum absolute atomic E-state index is 13.3. The number of aliphatic hydroxyl groups excluding tert-OH is 1. The average Bonchev–Trinajstić information content (AvgIpc) is 2.83. The monoisotopic (exact) mass is 551 g/mol. The highest BCUT2D eigenvalue weighted by Crippen LogP contribution is 2.27. The molecule has 0 spiro atoms. The van der Waals surface area contributed by atoms with Crippen LogP contribution in [0.15, 0.2) is 76.5 Å². The van der Waals surface area contributed by atoms with Crippen LogP contribution < -0.4 is 5.32 Å². The Kier molecular flexibility index (Phi) is 10.9. The van der Waals surface area contributed by atoms with Crippen LogP contribution in [0.2, 0.25) is 5.02 Å². The zero-order valence-corrected chi connectivity index (χ0v) is 22.5. The van der Waals surface area contributed by atoms with Crippen LogP contribution in [0.3, 0.4) is 0 Å². The van der Waals surface area contributed by atoms with Crippen LogP contribution in [0.4, 0.5) is 0 Å². The minimum Gasteiger partial charge on any atom is -0.478 e. The van der Waals surface area contributed by atoms with Gasteiger partial charge in [-0.15, -0.1) is 12.4 Å². The van der Waals surface area contributed by atoms with Crippen molar-refractivity contribution in [2.45, 2.75) is 55.0 Å². The molecule has 3 aromatic rings. The molecule has 0 fully saturated rings. The molecule has 3 N–H and O–H groups in total. The molecule has 0 saturated heterocycles. The second-order valence-electron chi connectivity index (χ2n) is 8.62. The fraction of sp³-hybridized carbons (Fsp3) is 0.296. The van der Waals surface area contributed by atoms with Gasteiger partial charge >= 0.3 is 5.97 Å². The summed E-state index contributed by atoms with van der Waals surface area (Å²) in [7, 11) is -4.00. The van der Waals surface area contributed by atoms with E-state index in [0.717, 1.165) is 23.1 Å². The summed E-state index contributed by atoms with van der Waals surface area (Å²) in [6.07, 6.45) is 1.41. The van der Waals surface area contributed by atoms with Crippen molar-refractivity contribution in [1.29, 1.82) is 0 Å². The Balaban J connectivity index is 0.00000456. The third-order valence-corrected chi connectivity index (χ3v) is 7.82. The quantitative estimate of drug-likeness (QED) is 0.290. The van der Waals surface area contributed by atoms with Crippen molar-refractivity contribution in [2.75, 3.05) is 6.54 Å². The fourth-order valence-electron chi connectivity index (χ4n) is 3.91. The SMILES string of the molecule is CCCc1ccc(C(=O)O)c(S(=O)(=O)c2ccc(C[C@@H](C)NC[C@@H](O)c3cccc(Cl)c3)cc2)c1.Cl. The van der Waals surface area contributed by atoms with E-state index in [1.165, 1.54) is 24.3 Å². The van der Waals surface area contributed by atoms with Gasteiger partial charge in [-0.25, -0.2) is 13.2 Å². The first kappa shape index (κ1) is 29.8. The van der Waals surface area contributed by atoms with Gasteiger partial charge < -0.3 is 15.5 Å². The first-order valence-corrected chi connectivity index (χ1v) is 13.3. The van der Waals surface area contributed by atoms with E-state index in [0.29, 0.717) is 24.4 Å². The number of nitrogens with one attached hydrogen (secondary N) is 1. The molecule has 0 heterocycles. The molecule has 0 aliphatic heterocycles. The molecule has 6 nitrogen and oxygen atoms in total.